The Hall–Kier alpha value is -6.13. The maximum atomic E-state index is 2.45. The monoisotopic (exact) mass is 779 g/mol. The van der Waals surface area contributed by atoms with E-state index in [4.69, 9.17) is 0 Å². The summed E-state index contributed by atoms with van der Waals surface area (Å²) >= 11 is 3.97. The highest BCUT2D eigenvalue weighted by atomic mass is 32.2. The van der Waals surface area contributed by atoms with Crippen molar-refractivity contribution in [1.29, 1.82) is 0 Å². The van der Waals surface area contributed by atoms with E-state index in [2.05, 4.69) is 205 Å². The number of thioether (sulfide) groups is 1. The van der Waals surface area contributed by atoms with Crippen LogP contribution in [0.15, 0.2) is 199 Å². The number of hydrogen-bond acceptors (Lipinski definition) is 3. The van der Waals surface area contributed by atoms with Crippen LogP contribution in [0.5, 0.6) is 0 Å². The number of allylic oxidation sites excluding steroid dienone is 4. The number of thiophene rings is 1. The van der Waals surface area contributed by atoms with Gasteiger partial charge in [-0.3, -0.25) is 0 Å². The second-order valence-electron chi connectivity index (χ2n) is 15.4. The number of benzene rings is 7. The molecule has 0 N–H and O–H groups in total. The molecular weight excluding hydrogens is 739 g/mol. The maximum Gasteiger partial charge on any atom is 0.0462 e. The fourth-order valence-corrected chi connectivity index (χ4v) is 11.7. The SMILES string of the molecule is C1=CC2Sc3c(-c4ccc(N(c5ccc(-c6ccccc6)cc5)c5ccc(-c6cc7sc8c(c7cc6-c6ccccc6)C=CCCC8)cc5)cc4)cccc3C2C=C1. The molecule has 2 heterocycles. The topological polar surface area (TPSA) is 3.24 Å². The van der Waals surface area contributed by atoms with Gasteiger partial charge in [0.25, 0.3) is 0 Å². The van der Waals surface area contributed by atoms with Gasteiger partial charge in [-0.05, 0) is 123 Å². The van der Waals surface area contributed by atoms with Crippen molar-refractivity contribution in [2.45, 2.75) is 35.3 Å². The Kier molecular flexibility index (Phi) is 9.06. The maximum absolute atomic E-state index is 2.45. The van der Waals surface area contributed by atoms with Crippen molar-refractivity contribution in [2.75, 3.05) is 4.90 Å². The molecule has 0 fully saturated rings. The van der Waals surface area contributed by atoms with Crippen LogP contribution in [0.4, 0.5) is 17.1 Å². The summed E-state index contributed by atoms with van der Waals surface area (Å²) in [6, 6.07) is 60.6. The Labute approximate surface area is 349 Å². The second kappa shape index (κ2) is 15.0. The molecule has 8 aromatic rings. The Morgan fingerprint density at radius 3 is 1.81 bits per heavy atom. The highest BCUT2D eigenvalue weighted by Crippen LogP contribution is 2.52. The van der Waals surface area contributed by atoms with Crippen LogP contribution in [0.3, 0.4) is 0 Å². The van der Waals surface area contributed by atoms with Gasteiger partial charge in [0, 0.05) is 48.1 Å². The van der Waals surface area contributed by atoms with Crippen molar-refractivity contribution < 1.29 is 0 Å². The zero-order valence-electron chi connectivity index (χ0n) is 32.1. The first-order valence-corrected chi connectivity index (χ1v) is 22.1. The molecule has 11 rings (SSSR count). The van der Waals surface area contributed by atoms with E-state index >= 15 is 0 Å². The second-order valence-corrected chi connectivity index (χ2v) is 17.8. The third-order valence-electron chi connectivity index (χ3n) is 11.9. The van der Waals surface area contributed by atoms with Crippen LogP contribution in [0.1, 0.15) is 34.8 Å². The van der Waals surface area contributed by atoms with Crippen molar-refractivity contribution in [2.24, 2.45) is 0 Å². The predicted octanol–water partition coefficient (Wildman–Crippen LogP) is 16.1. The van der Waals surface area contributed by atoms with E-state index in [9.17, 15) is 0 Å². The average Bonchev–Trinajstić information content (AvgIpc) is 3.75. The molecule has 3 aliphatic rings. The van der Waals surface area contributed by atoms with Gasteiger partial charge in [0.1, 0.15) is 0 Å². The van der Waals surface area contributed by atoms with Gasteiger partial charge >= 0.3 is 0 Å². The molecule has 3 heteroatoms. The van der Waals surface area contributed by atoms with Gasteiger partial charge in [-0.15, -0.1) is 23.1 Å². The summed E-state index contributed by atoms with van der Waals surface area (Å²) in [5, 5.41) is 1.85. The van der Waals surface area contributed by atoms with Crippen LogP contribution in [-0.2, 0) is 6.42 Å². The minimum atomic E-state index is 0.449. The zero-order chi connectivity index (χ0) is 38.4. The molecule has 58 heavy (non-hydrogen) atoms. The van der Waals surface area contributed by atoms with E-state index in [1.54, 1.807) is 0 Å². The lowest BCUT2D eigenvalue weighted by Crippen LogP contribution is -2.09. The van der Waals surface area contributed by atoms with Gasteiger partial charge in [0.15, 0.2) is 0 Å². The molecule has 0 spiro atoms. The molecule has 1 aliphatic heterocycles. The molecule has 2 atom stereocenters. The van der Waals surface area contributed by atoms with Gasteiger partial charge in [0.2, 0.25) is 0 Å². The largest absolute Gasteiger partial charge is 0.311 e. The summed E-state index contributed by atoms with van der Waals surface area (Å²) in [5.74, 6) is 0.449. The number of fused-ring (bicyclic) bond motifs is 6. The van der Waals surface area contributed by atoms with E-state index in [1.165, 1.54) is 81.9 Å². The van der Waals surface area contributed by atoms with Crippen molar-refractivity contribution in [3.05, 3.63) is 210 Å². The summed E-state index contributed by atoms with van der Waals surface area (Å²) < 4.78 is 1.37. The van der Waals surface area contributed by atoms with E-state index in [1.807, 2.05) is 23.1 Å². The molecule has 1 aromatic heterocycles. The van der Waals surface area contributed by atoms with E-state index < -0.39 is 0 Å². The molecule has 0 saturated heterocycles. The number of anilines is 3. The van der Waals surface area contributed by atoms with Crippen LogP contribution in [0.25, 0.3) is 60.7 Å². The summed E-state index contributed by atoms with van der Waals surface area (Å²) in [6.45, 7) is 0. The first-order chi connectivity index (χ1) is 28.7. The van der Waals surface area contributed by atoms with E-state index in [0.29, 0.717) is 11.2 Å². The third-order valence-corrected chi connectivity index (χ3v) is 14.6. The molecule has 2 aliphatic carbocycles. The van der Waals surface area contributed by atoms with Gasteiger partial charge < -0.3 is 4.90 Å². The van der Waals surface area contributed by atoms with Gasteiger partial charge in [-0.2, -0.15) is 0 Å². The van der Waals surface area contributed by atoms with Crippen LogP contribution < -0.4 is 4.90 Å². The number of aryl methyl sites for hydroxylation is 1. The fraction of sp³-hybridized carbons (Fsp3) is 0.0909. The number of hydrogen-bond donors (Lipinski definition) is 0. The third kappa shape index (κ3) is 6.36. The van der Waals surface area contributed by atoms with Crippen molar-refractivity contribution in [3.63, 3.8) is 0 Å². The standard InChI is InChI=1S/C55H41NS2/c1-4-13-37(14-5-1)38-23-29-42(30-24-38)56(43-31-25-40(26-32-43)45-19-12-20-48-46-18-10-11-22-53(46)58-55(45)48)44-33-27-41(28-34-44)50-36-54-51(35-49(50)39-15-6-2-7-16-39)47-17-8-3-9-21-52(47)57-54/h1-2,4-8,10-20,22-36,46,53H,3,9,21H2. The highest BCUT2D eigenvalue weighted by Gasteiger charge is 2.32. The smallest absolute Gasteiger partial charge is 0.0462 e. The van der Waals surface area contributed by atoms with E-state index in [-0.39, 0.29) is 0 Å². The van der Waals surface area contributed by atoms with E-state index in [0.717, 1.165) is 29.9 Å². The van der Waals surface area contributed by atoms with Gasteiger partial charge in [0.05, 0.1) is 0 Å². The quantitative estimate of drug-likeness (QED) is 0.158. The molecule has 0 radical (unpaired) electrons. The van der Waals surface area contributed by atoms with Gasteiger partial charge in [-0.1, -0.05) is 152 Å². The summed E-state index contributed by atoms with van der Waals surface area (Å²) in [6.07, 6.45) is 17.3. The lowest BCUT2D eigenvalue weighted by molar-refractivity contribution is 0.863. The van der Waals surface area contributed by atoms with Crippen LogP contribution in [0.2, 0.25) is 0 Å². The molecule has 2 unspecified atom stereocenters. The fourth-order valence-electron chi connectivity index (χ4n) is 9.01. The Morgan fingerprint density at radius 2 is 1.10 bits per heavy atom. The molecule has 1 nitrogen and oxygen atoms in total. The predicted molar refractivity (Wildman–Crippen MR) is 251 cm³/mol. The molecule has 278 valence electrons. The first kappa shape index (κ1) is 35.1. The number of rotatable bonds is 7. The molecule has 7 aromatic carbocycles. The van der Waals surface area contributed by atoms with Crippen LogP contribution in [-0.4, -0.2) is 5.25 Å². The Balaban J connectivity index is 0.991. The zero-order valence-corrected chi connectivity index (χ0v) is 33.7. The van der Waals surface area contributed by atoms with Gasteiger partial charge in [-0.25, -0.2) is 0 Å². The highest BCUT2D eigenvalue weighted by molar-refractivity contribution is 8.00. The normalized spacial score (nSPS) is 16.5. The van der Waals surface area contributed by atoms with Crippen molar-refractivity contribution in [1.82, 2.24) is 0 Å². The molecule has 0 amide bonds. The first-order valence-electron chi connectivity index (χ1n) is 20.4. The lowest BCUT2D eigenvalue weighted by Gasteiger charge is -2.26. The van der Waals surface area contributed by atoms with Crippen LogP contribution >= 0.6 is 23.1 Å². The minimum absolute atomic E-state index is 0.449. The lowest BCUT2D eigenvalue weighted by atomic mass is 9.90. The Bertz CT molecular complexity index is 2860. The van der Waals surface area contributed by atoms with Crippen molar-refractivity contribution in [3.8, 4) is 44.5 Å². The average molecular weight is 780 g/mol. The summed E-state index contributed by atoms with van der Waals surface area (Å²) in [7, 11) is 0. The summed E-state index contributed by atoms with van der Waals surface area (Å²) in [4.78, 5) is 5.31. The molecule has 0 saturated carbocycles. The number of nitrogens with zero attached hydrogens (tertiary/aromatic N) is 1. The molecular formula is C55H41NS2. The molecule has 0 bridgehead atoms. The summed E-state index contributed by atoms with van der Waals surface area (Å²) in [5.41, 5.74) is 16.2. The Morgan fingerprint density at radius 1 is 0.517 bits per heavy atom. The van der Waals surface area contributed by atoms with Crippen molar-refractivity contribution >= 4 is 56.3 Å². The van der Waals surface area contributed by atoms with Crippen LogP contribution in [0, 0.1) is 0 Å². The minimum Gasteiger partial charge on any atom is -0.311 e.